The number of imidazole rings is 1. The molecule has 0 aliphatic rings. The van der Waals surface area contributed by atoms with Crippen LogP contribution in [0.5, 0.6) is 0 Å². The van der Waals surface area contributed by atoms with Crippen LogP contribution >= 0.6 is 0 Å². The van der Waals surface area contributed by atoms with E-state index in [4.69, 9.17) is 9.73 Å². The fourth-order valence-corrected chi connectivity index (χ4v) is 2.82. The molecule has 0 unspecified atom stereocenters. The van der Waals surface area contributed by atoms with Gasteiger partial charge in [-0.25, -0.2) is 14.1 Å². The van der Waals surface area contributed by atoms with Crippen molar-refractivity contribution in [2.75, 3.05) is 7.11 Å². The van der Waals surface area contributed by atoms with Crippen LogP contribution in [-0.4, -0.2) is 17.6 Å². The molecular formula is C19H28N3O+. The number of rotatable bonds is 4. The first-order valence-corrected chi connectivity index (χ1v) is 8.13. The van der Waals surface area contributed by atoms with E-state index in [9.17, 15) is 0 Å². The van der Waals surface area contributed by atoms with Gasteiger partial charge in [0.25, 0.3) is 0 Å². The van der Waals surface area contributed by atoms with Crippen LogP contribution in [0.1, 0.15) is 56.5 Å². The number of aliphatic imine (C=N–C) groups is 1. The second-order valence-electron chi connectivity index (χ2n) is 6.56. The summed E-state index contributed by atoms with van der Waals surface area (Å²) in [4.78, 5) is 4.94. The minimum Gasteiger partial charge on any atom is -0.475 e. The SMILES string of the molecule is CO/C(=N\c1c(C(C)C)cccc1C(C)C)c1n(C)cc[n+]1C. The Kier molecular flexibility index (Phi) is 5.24. The summed E-state index contributed by atoms with van der Waals surface area (Å²) in [6.45, 7) is 8.81. The normalized spacial score (nSPS) is 12.3. The first-order valence-electron chi connectivity index (χ1n) is 8.13. The molecule has 0 bridgehead atoms. The predicted octanol–water partition coefficient (Wildman–Crippen LogP) is 3.82. The number of nitrogens with zero attached hydrogens (tertiary/aromatic N) is 3. The Hall–Kier alpha value is -2.10. The van der Waals surface area contributed by atoms with E-state index >= 15 is 0 Å². The van der Waals surface area contributed by atoms with Crippen molar-refractivity contribution in [3.05, 3.63) is 47.5 Å². The Balaban J connectivity index is 2.68. The minimum absolute atomic E-state index is 0.410. The third kappa shape index (κ3) is 3.46. The van der Waals surface area contributed by atoms with E-state index in [1.807, 2.05) is 35.6 Å². The number of hydrogen-bond acceptors (Lipinski definition) is 2. The van der Waals surface area contributed by atoms with Crippen LogP contribution in [0.15, 0.2) is 35.6 Å². The molecule has 0 atom stereocenters. The molecule has 1 heterocycles. The maximum absolute atomic E-state index is 5.64. The lowest BCUT2D eigenvalue weighted by Crippen LogP contribution is -2.35. The Bertz CT molecular complexity index is 666. The maximum atomic E-state index is 5.64. The molecule has 0 aliphatic carbocycles. The fourth-order valence-electron chi connectivity index (χ4n) is 2.82. The lowest BCUT2D eigenvalue weighted by Gasteiger charge is -2.16. The summed E-state index contributed by atoms with van der Waals surface area (Å²) in [5, 5.41) is 0. The summed E-state index contributed by atoms with van der Waals surface area (Å²) in [6, 6.07) is 6.44. The van der Waals surface area contributed by atoms with E-state index in [2.05, 4.69) is 45.9 Å². The van der Waals surface area contributed by atoms with E-state index in [1.165, 1.54) is 11.1 Å². The lowest BCUT2D eigenvalue weighted by atomic mass is 9.93. The topological polar surface area (TPSA) is 30.4 Å². The van der Waals surface area contributed by atoms with Gasteiger partial charge in [0.2, 0.25) is 0 Å². The van der Waals surface area contributed by atoms with Gasteiger partial charge in [0.15, 0.2) is 0 Å². The number of benzene rings is 1. The highest BCUT2D eigenvalue weighted by atomic mass is 16.5. The third-order valence-electron chi connectivity index (χ3n) is 4.12. The molecule has 0 saturated carbocycles. The summed E-state index contributed by atoms with van der Waals surface area (Å²) in [7, 11) is 5.68. The predicted molar refractivity (Wildman–Crippen MR) is 94.4 cm³/mol. The molecule has 0 fully saturated rings. The number of hydrogen-bond donors (Lipinski definition) is 0. The van der Waals surface area contributed by atoms with Gasteiger partial charge in [0, 0.05) is 0 Å². The van der Waals surface area contributed by atoms with Gasteiger partial charge in [-0.3, -0.25) is 0 Å². The lowest BCUT2D eigenvalue weighted by molar-refractivity contribution is -0.672. The van der Waals surface area contributed by atoms with E-state index < -0.39 is 0 Å². The zero-order valence-corrected chi connectivity index (χ0v) is 15.3. The molecule has 0 amide bonds. The maximum Gasteiger partial charge on any atom is 0.344 e. The average Bonchev–Trinajstić information content (AvgIpc) is 2.83. The average molecular weight is 314 g/mol. The summed E-state index contributed by atoms with van der Waals surface area (Å²) >= 11 is 0. The monoisotopic (exact) mass is 314 g/mol. The molecule has 1 aromatic carbocycles. The van der Waals surface area contributed by atoms with Crippen LogP contribution in [-0.2, 0) is 18.8 Å². The highest BCUT2D eigenvalue weighted by Gasteiger charge is 2.22. The second-order valence-corrected chi connectivity index (χ2v) is 6.56. The number of para-hydroxylation sites is 1. The van der Waals surface area contributed by atoms with Crippen molar-refractivity contribution < 1.29 is 9.30 Å². The number of methoxy groups -OCH3 is 1. The van der Waals surface area contributed by atoms with Gasteiger partial charge in [0.1, 0.15) is 12.4 Å². The van der Waals surface area contributed by atoms with Gasteiger partial charge in [0.05, 0.1) is 26.9 Å². The second kappa shape index (κ2) is 6.99. The van der Waals surface area contributed by atoms with Gasteiger partial charge < -0.3 is 4.74 Å². The van der Waals surface area contributed by atoms with Crippen LogP contribution in [0.4, 0.5) is 5.69 Å². The number of ether oxygens (including phenoxy) is 1. The molecule has 1 aromatic heterocycles. The molecule has 124 valence electrons. The smallest absolute Gasteiger partial charge is 0.344 e. The zero-order chi connectivity index (χ0) is 17.1. The molecule has 4 heteroatoms. The molecule has 0 radical (unpaired) electrons. The Morgan fingerprint density at radius 3 is 2.09 bits per heavy atom. The van der Waals surface area contributed by atoms with Crippen LogP contribution in [0.2, 0.25) is 0 Å². The van der Waals surface area contributed by atoms with Crippen LogP contribution in [0.25, 0.3) is 0 Å². The molecule has 0 saturated heterocycles. The van der Waals surface area contributed by atoms with Crippen molar-refractivity contribution >= 4 is 11.6 Å². The summed E-state index contributed by atoms with van der Waals surface area (Å²) < 4.78 is 9.68. The molecule has 4 nitrogen and oxygen atoms in total. The summed E-state index contributed by atoms with van der Waals surface area (Å²) in [5.74, 6) is 2.40. The highest BCUT2D eigenvalue weighted by molar-refractivity contribution is 5.92. The van der Waals surface area contributed by atoms with Gasteiger partial charge in [-0.2, -0.15) is 0 Å². The number of aryl methyl sites for hydroxylation is 2. The van der Waals surface area contributed by atoms with Gasteiger partial charge in [-0.05, 0) is 23.0 Å². The minimum atomic E-state index is 0.410. The molecule has 0 aliphatic heterocycles. The summed E-state index contributed by atoms with van der Waals surface area (Å²) in [6.07, 6.45) is 4.00. The number of aromatic nitrogens is 2. The van der Waals surface area contributed by atoms with E-state index in [-0.39, 0.29) is 0 Å². The van der Waals surface area contributed by atoms with E-state index in [1.54, 1.807) is 7.11 Å². The van der Waals surface area contributed by atoms with Crippen molar-refractivity contribution in [1.29, 1.82) is 0 Å². The van der Waals surface area contributed by atoms with Crippen LogP contribution < -0.4 is 4.57 Å². The van der Waals surface area contributed by atoms with Gasteiger partial charge in [-0.15, -0.1) is 0 Å². The van der Waals surface area contributed by atoms with E-state index in [0.717, 1.165) is 11.5 Å². The summed E-state index contributed by atoms with van der Waals surface area (Å²) in [5.41, 5.74) is 3.54. The first kappa shape index (κ1) is 17.3. The standard InChI is InChI=1S/C19H28N3O/c1-13(2)15-9-8-10-16(14(3)4)17(15)20-18(23-7)19-21(5)11-12-22(19)6/h8-14H,1-7H3/q+1/b20-18-. The fraction of sp³-hybridized carbons (Fsp3) is 0.474. The third-order valence-corrected chi connectivity index (χ3v) is 4.12. The molecule has 23 heavy (non-hydrogen) atoms. The van der Waals surface area contributed by atoms with Gasteiger partial charge >= 0.3 is 11.7 Å². The van der Waals surface area contributed by atoms with Crippen molar-refractivity contribution in [2.24, 2.45) is 19.1 Å². The van der Waals surface area contributed by atoms with Crippen LogP contribution in [0, 0.1) is 0 Å². The highest BCUT2D eigenvalue weighted by Crippen LogP contribution is 2.35. The largest absolute Gasteiger partial charge is 0.475 e. The van der Waals surface area contributed by atoms with Crippen LogP contribution in [0.3, 0.4) is 0 Å². The Morgan fingerprint density at radius 1 is 1.13 bits per heavy atom. The van der Waals surface area contributed by atoms with Crippen molar-refractivity contribution in [3.8, 4) is 0 Å². The molecule has 2 aromatic rings. The van der Waals surface area contributed by atoms with E-state index in [0.29, 0.717) is 17.7 Å². The Labute approximate surface area is 139 Å². The zero-order valence-electron chi connectivity index (χ0n) is 15.3. The quantitative estimate of drug-likeness (QED) is 0.479. The van der Waals surface area contributed by atoms with Gasteiger partial charge in [-0.1, -0.05) is 45.9 Å². The van der Waals surface area contributed by atoms with Crippen molar-refractivity contribution in [1.82, 2.24) is 4.57 Å². The van der Waals surface area contributed by atoms with Crippen molar-refractivity contribution in [2.45, 2.75) is 39.5 Å². The van der Waals surface area contributed by atoms with Crippen molar-refractivity contribution in [3.63, 3.8) is 0 Å². The molecule has 0 N–H and O–H groups in total. The Morgan fingerprint density at radius 2 is 1.70 bits per heavy atom. The first-order chi connectivity index (χ1) is 10.9. The molecule has 2 rings (SSSR count). The molecule has 0 spiro atoms. The molecular weight excluding hydrogens is 286 g/mol.